The van der Waals surface area contributed by atoms with Crippen LogP contribution in [0.1, 0.15) is 13.8 Å². The molecule has 2 heterocycles. The number of halogens is 1. The summed E-state index contributed by atoms with van der Waals surface area (Å²) in [7, 11) is -1.24. The molecule has 0 radical (unpaired) electrons. The molecule has 1 aromatic heterocycles. The lowest BCUT2D eigenvalue weighted by atomic mass is 10.1. The summed E-state index contributed by atoms with van der Waals surface area (Å²) in [4.78, 5) is 23.4. The molecule has 1 saturated heterocycles. The zero-order valence-electron chi connectivity index (χ0n) is 12.9. The highest BCUT2D eigenvalue weighted by Crippen LogP contribution is 2.18. The molecule has 10 heteroatoms. The first-order valence-electron chi connectivity index (χ1n) is 6.70. The molecule has 2 unspecified atom stereocenters. The highest BCUT2D eigenvalue weighted by atomic mass is 35.5. The van der Waals surface area contributed by atoms with Crippen LogP contribution in [-0.4, -0.2) is 47.0 Å². The quantitative estimate of drug-likeness (QED) is 0.727. The van der Waals surface area contributed by atoms with Crippen LogP contribution < -0.4 is 16.6 Å². The van der Waals surface area contributed by atoms with E-state index in [2.05, 4.69) is 5.32 Å². The fourth-order valence-corrected chi connectivity index (χ4v) is 4.30. The first kappa shape index (κ1) is 18.9. The van der Waals surface area contributed by atoms with Crippen LogP contribution in [0, 0.1) is 0 Å². The average molecular weight is 353 g/mol. The molecule has 1 aromatic rings. The number of aromatic nitrogens is 2. The van der Waals surface area contributed by atoms with E-state index >= 15 is 0 Å². The van der Waals surface area contributed by atoms with Gasteiger partial charge < -0.3 is 9.88 Å². The number of sulfonamides is 1. The van der Waals surface area contributed by atoms with Crippen LogP contribution >= 0.6 is 12.4 Å². The molecular formula is C12H21ClN4O4S. The van der Waals surface area contributed by atoms with Crippen molar-refractivity contribution < 1.29 is 8.42 Å². The molecule has 0 spiro atoms. The summed E-state index contributed by atoms with van der Waals surface area (Å²) in [6.07, 6.45) is 1.10. The number of nitrogens with zero attached hydrogens (tertiary/aromatic N) is 3. The van der Waals surface area contributed by atoms with Crippen LogP contribution in [0.5, 0.6) is 0 Å². The Morgan fingerprint density at radius 1 is 1.23 bits per heavy atom. The SMILES string of the molecule is CC1NCCN(S(=O)(=O)c2cn(C)c(=O)n(C)c2=O)C1C.Cl. The standard InChI is InChI=1S/C12H20N4O4S.ClH/c1-8-9(2)16(6-5-13-8)21(19,20)10-7-14(3)12(18)15(4)11(10)17;/h7-9,13H,5-6H2,1-4H3;1H. The topological polar surface area (TPSA) is 93.4 Å². The number of piperazine rings is 1. The lowest BCUT2D eigenvalue weighted by Crippen LogP contribution is -2.57. The van der Waals surface area contributed by atoms with E-state index in [0.717, 1.165) is 15.3 Å². The Balaban J connectivity index is 0.00000242. The van der Waals surface area contributed by atoms with Crippen LogP contribution in [0.25, 0.3) is 0 Å². The minimum Gasteiger partial charge on any atom is -0.311 e. The van der Waals surface area contributed by atoms with Gasteiger partial charge in [-0.25, -0.2) is 13.2 Å². The van der Waals surface area contributed by atoms with Crippen LogP contribution in [0.15, 0.2) is 20.7 Å². The van der Waals surface area contributed by atoms with Gasteiger partial charge in [0.15, 0.2) is 4.90 Å². The number of hydrogen-bond acceptors (Lipinski definition) is 5. The largest absolute Gasteiger partial charge is 0.330 e. The van der Waals surface area contributed by atoms with Gasteiger partial charge in [-0.15, -0.1) is 12.4 Å². The Morgan fingerprint density at radius 2 is 1.82 bits per heavy atom. The molecule has 22 heavy (non-hydrogen) atoms. The molecule has 1 aliphatic heterocycles. The second-order valence-corrected chi connectivity index (χ2v) is 7.21. The molecule has 0 amide bonds. The van der Waals surface area contributed by atoms with Crippen molar-refractivity contribution in [2.24, 2.45) is 14.1 Å². The summed E-state index contributed by atoms with van der Waals surface area (Å²) in [5.74, 6) is 0. The van der Waals surface area contributed by atoms with E-state index in [4.69, 9.17) is 0 Å². The zero-order chi connectivity index (χ0) is 15.9. The normalized spacial score (nSPS) is 23.1. The second-order valence-electron chi connectivity index (χ2n) is 5.35. The minimum absolute atomic E-state index is 0. The van der Waals surface area contributed by atoms with Crippen molar-refractivity contribution in [3.05, 3.63) is 27.0 Å². The van der Waals surface area contributed by atoms with E-state index in [-0.39, 0.29) is 29.4 Å². The van der Waals surface area contributed by atoms with Gasteiger partial charge in [-0.1, -0.05) is 0 Å². The highest BCUT2D eigenvalue weighted by molar-refractivity contribution is 7.89. The van der Waals surface area contributed by atoms with Gasteiger partial charge in [0, 0.05) is 45.5 Å². The lowest BCUT2D eigenvalue weighted by Gasteiger charge is -2.37. The van der Waals surface area contributed by atoms with Gasteiger partial charge in [0.05, 0.1) is 0 Å². The van der Waals surface area contributed by atoms with E-state index in [0.29, 0.717) is 13.1 Å². The van der Waals surface area contributed by atoms with Gasteiger partial charge in [-0.3, -0.25) is 9.36 Å². The number of nitrogens with one attached hydrogen (secondary N) is 1. The van der Waals surface area contributed by atoms with Crippen molar-refractivity contribution in [2.45, 2.75) is 30.8 Å². The van der Waals surface area contributed by atoms with Crippen molar-refractivity contribution in [3.8, 4) is 0 Å². The van der Waals surface area contributed by atoms with Crippen molar-refractivity contribution in [1.29, 1.82) is 0 Å². The molecule has 1 aliphatic rings. The highest BCUT2D eigenvalue weighted by Gasteiger charge is 2.36. The molecule has 0 saturated carbocycles. The Bertz CT molecular complexity index is 770. The van der Waals surface area contributed by atoms with Crippen molar-refractivity contribution in [1.82, 2.24) is 18.8 Å². The predicted octanol–water partition coefficient (Wildman–Crippen LogP) is -1.12. The molecule has 1 fully saturated rings. The molecular weight excluding hydrogens is 332 g/mol. The Morgan fingerprint density at radius 3 is 2.41 bits per heavy atom. The van der Waals surface area contributed by atoms with Gasteiger partial charge >= 0.3 is 5.69 Å². The zero-order valence-corrected chi connectivity index (χ0v) is 14.6. The van der Waals surface area contributed by atoms with Crippen LogP contribution in [0.3, 0.4) is 0 Å². The minimum atomic E-state index is -3.94. The summed E-state index contributed by atoms with van der Waals surface area (Å²) in [6.45, 7) is 4.50. The smallest absolute Gasteiger partial charge is 0.311 e. The molecule has 126 valence electrons. The summed E-state index contributed by atoms with van der Waals surface area (Å²) in [6, 6.07) is -0.282. The summed E-state index contributed by atoms with van der Waals surface area (Å²) in [5, 5.41) is 3.19. The van der Waals surface area contributed by atoms with E-state index in [1.165, 1.54) is 18.4 Å². The van der Waals surface area contributed by atoms with E-state index in [9.17, 15) is 18.0 Å². The van der Waals surface area contributed by atoms with Crippen LogP contribution in [0.2, 0.25) is 0 Å². The maximum Gasteiger partial charge on any atom is 0.330 e. The predicted molar refractivity (Wildman–Crippen MR) is 85.0 cm³/mol. The van der Waals surface area contributed by atoms with Gasteiger partial charge in [-0.05, 0) is 13.8 Å². The van der Waals surface area contributed by atoms with E-state index < -0.39 is 21.3 Å². The van der Waals surface area contributed by atoms with Gasteiger partial charge in [-0.2, -0.15) is 4.31 Å². The first-order valence-corrected chi connectivity index (χ1v) is 8.14. The third-order valence-electron chi connectivity index (χ3n) is 3.98. The van der Waals surface area contributed by atoms with Crippen LogP contribution in [0.4, 0.5) is 0 Å². The van der Waals surface area contributed by atoms with E-state index in [1.54, 1.807) is 6.92 Å². The third kappa shape index (κ3) is 2.98. The van der Waals surface area contributed by atoms with Crippen molar-refractivity contribution >= 4 is 22.4 Å². The molecule has 2 atom stereocenters. The number of hydrogen-bond donors (Lipinski definition) is 1. The van der Waals surface area contributed by atoms with Crippen LogP contribution in [-0.2, 0) is 24.1 Å². The Kier molecular flexibility index (Phi) is 5.61. The fraction of sp³-hybridized carbons (Fsp3) is 0.667. The van der Waals surface area contributed by atoms with Gasteiger partial charge in [0.2, 0.25) is 10.0 Å². The molecule has 1 N–H and O–H groups in total. The number of rotatable bonds is 2. The maximum atomic E-state index is 12.7. The summed E-state index contributed by atoms with van der Waals surface area (Å²) < 4.78 is 28.7. The summed E-state index contributed by atoms with van der Waals surface area (Å²) >= 11 is 0. The van der Waals surface area contributed by atoms with Crippen molar-refractivity contribution in [2.75, 3.05) is 13.1 Å². The van der Waals surface area contributed by atoms with Gasteiger partial charge in [0.1, 0.15) is 0 Å². The number of aryl methyl sites for hydroxylation is 1. The first-order chi connectivity index (χ1) is 9.67. The Labute approximate surface area is 135 Å². The second kappa shape index (κ2) is 6.53. The lowest BCUT2D eigenvalue weighted by molar-refractivity contribution is 0.232. The Hall–Kier alpha value is -1.16. The maximum absolute atomic E-state index is 12.7. The molecule has 2 rings (SSSR count). The third-order valence-corrected chi connectivity index (χ3v) is 5.95. The molecule has 0 bridgehead atoms. The fourth-order valence-electron chi connectivity index (χ4n) is 2.44. The summed E-state index contributed by atoms with van der Waals surface area (Å²) in [5.41, 5.74) is -1.35. The van der Waals surface area contributed by atoms with Crippen molar-refractivity contribution in [3.63, 3.8) is 0 Å². The monoisotopic (exact) mass is 352 g/mol. The molecule has 8 nitrogen and oxygen atoms in total. The van der Waals surface area contributed by atoms with E-state index in [1.807, 2.05) is 6.92 Å². The van der Waals surface area contributed by atoms with Gasteiger partial charge in [0.25, 0.3) is 5.56 Å². The average Bonchev–Trinajstić information content (AvgIpc) is 2.43. The molecule has 0 aliphatic carbocycles. The molecule has 0 aromatic carbocycles.